The van der Waals surface area contributed by atoms with Crippen LogP contribution in [0.5, 0.6) is 0 Å². The molecule has 0 aromatic carbocycles. The first-order valence-electron chi connectivity index (χ1n) is 5.87. The maximum Gasteiger partial charge on any atom is 0.245 e. The Bertz CT molecular complexity index is 386. The quantitative estimate of drug-likeness (QED) is 0.391. The summed E-state index contributed by atoms with van der Waals surface area (Å²) in [5, 5.41) is 9.53. The topological polar surface area (TPSA) is 107 Å². The van der Waals surface area contributed by atoms with Gasteiger partial charge >= 0.3 is 0 Å². The van der Waals surface area contributed by atoms with Crippen LogP contribution in [0.15, 0.2) is 5.51 Å². The molecule has 1 aromatic heterocycles. The SMILES string of the molecule is Cc1ncsc1CCOCC(O)CNOCC(N)=O. The molecular weight excluding hydrogens is 270 g/mol. The highest BCUT2D eigenvalue weighted by molar-refractivity contribution is 7.09. The van der Waals surface area contributed by atoms with Crippen molar-refractivity contribution in [3.63, 3.8) is 0 Å². The minimum Gasteiger partial charge on any atom is -0.389 e. The largest absolute Gasteiger partial charge is 0.389 e. The van der Waals surface area contributed by atoms with E-state index in [4.69, 9.17) is 15.3 Å². The number of nitrogens with two attached hydrogens (primary N) is 1. The van der Waals surface area contributed by atoms with Crippen molar-refractivity contribution in [3.05, 3.63) is 16.1 Å². The highest BCUT2D eigenvalue weighted by Crippen LogP contribution is 2.12. The first kappa shape index (κ1) is 16.0. The number of nitrogens with one attached hydrogen (secondary N) is 1. The number of hydrogen-bond donors (Lipinski definition) is 3. The second-order valence-electron chi connectivity index (χ2n) is 3.94. The molecule has 0 saturated carbocycles. The number of thiazole rings is 1. The second kappa shape index (κ2) is 8.94. The molecule has 4 N–H and O–H groups in total. The summed E-state index contributed by atoms with van der Waals surface area (Å²) in [6.07, 6.45) is 0.0879. The Balaban J connectivity index is 1.99. The predicted octanol–water partition coefficient (Wildman–Crippen LogP) is -0.622. The Labute approximate surface area is 115 Å². The Morgan fingerprint density at radius 3 is 3.11 bits per heavy atom. The van der Waals surface area contributed by atoms with E-state index in [9.17, 15) is 9.90 Å². The third-order valence-electron chi connectivity index (χ3n) is 2.26. The molecule has 108 valence electrons. The molecule has 1 heterocycles. The van der Waals surface area contributed by atoms with E-state index in [1.165, 1.54) is 4.88 Å². The van der Waals surface area contributed by atoms with Crippen LogP contribution in [0.25, 0.3) is 0 Å². The number of ether oxygens (including phenoxy) is 1. The summed E-state index contributed by atoms with van der Waals surface area (Å²) in [6.45, 7) is 2.64. The molecule has 8 heteroatoms. The van der Waals surface area contributed by atoms with Crippen LogP contribution in [-0.2, 0) is 20.8 Å². The Morgan fingerprint density at radius 1 is 1.68 bits per heavy atom. The number of hydroxylamine groups is 1. The number of primary amides is 1. The van der Waals surface area contributed by atoms with Gasteiger partial charge in [0.05, 0.1) is 30.5 Å². The normalized spacial score (nSPS) is 12.5. The number of aromatic nitrogens is 1. The average Bonchev–Trinajstić information content (AvgIpc) is 2.76. The van der Waals surface area contributed by atoms with Crippen LogP contribution in [0.3, 0.4) is 0 Å². The third kappa shape index (κ3) is 7.19. The first-order valence-corrected chi connectivity index (χ1v) is 6.75. The van der Waals surface area contributed by atoms with Gasteiger partial charge in [0.1, 0.15) is 6.61 Å². The van der Waals surface area contributed by atoms with E-state index in [0.717, 1.165) is 12.1 Å². The summed E-state index contributed by atoms with van der Waals surface area (Å²) < 4.78 is 5.34. The number of aryl methyl sites for hydroxylation is 1. The number of hydrogen-bond acceptors (Lipinski definition) is 7. The Hall–Kier alpha value is -1.06. The summed E-state index contributed by atoms with van der Waals surface area (Å²) in [7, 11) is 0. The highest BCUT2D eigenvalue weighted by Gasteiger charge is 2.06. The Morgan fingerprint density at radius 2 is 2.47 bits per heavy atom. The van der Waals surface area contributed by atoms with E-state index in [0.29, 0.717) is 6.61 Å². The molecule has 0 spiro atoms. The lowest BCUT2D eigenvalue weighted by molar-refractivity contribution is -0.126. The fourth-order valence-corrected chi connectivity index (χ4v) is 2.05. The predicted molar refractivity (Wildman–Crippen MR) is 70.5 cm³/mol. The molecule has 1 atom stereocenters. The molecule has 0 aliphatic heterocycles. The van der Waals surface area contributed by atoms with Crippen molar-refractivity contribution < 1.29 is 19.5 Å². The molecule has 0 aliphatic carbocycles. The van der Waals surface area contributed by atoms with Crippen LogP contribution in [0.4, 0.5) is 0 Å². The summed E-state index contributed by atoms with van der Waals surface area (Å²) in [6, 6.07) is 0. The van der Waals surface area contributed by atoms with Gasteiger partial charge in [-0.1, -0.05) is 0 Å². The zero-order valence-electron chi connectivity index (χ0n) is 10.8. The minimum absolute atomic E-state index is 0.173. The summed E-state index contributed by atoms with van der Waals surface area (Å²) >= 11 is 1.60. The molecule has 7 nitrogen and oxygen atoms in total. The molecule has 1 aromatic rings. The van der Waals surface area contributed by atoms with Gasteiger partial charge < -0.3 is 15.6 Å². The van der Waals surface area contributed by atoms with Gasteiger partial charge in [-0.2, -0.15) is 5.48 Å². The van der Waals surface area contributed by atoms with Crippen molar-refractivity contribution in [2.24, 2.45) is 5.73 Å². The average molecular weight is 289 g/mol. The lowest BCUT2D eigenvalue weighted by Crippen LogP contribution is -2.33. The number of carbonyl (C=O) groups is 1. The zero-order valence-corrected chi connectivity index (χ0v) is 11.6. The van der Waals surface area contributed by atoms with Gasteiger partial charge in [0.2, 0.25) is 5.91 Å². The lowest BCUT2D eigenvalue weighted by Gasteiger charge is -2.11. The third-order valence-corrected chi connectivity index (χ3v) is 3.26. The molecule has 0 aliphatic rings. The summed E-state index contributed by atoms with van der Waals surface area (Å²) in [5.74, 6) is -0.571. The smallest absolute Gasteiger partial charge is 0.245 e. The summed E-state index contributed by atoms with van der Waals surface area (Å²) in [4.78, 5) is 20.4. The summed E-state index contributed by atoms with van der Waals surface area (Å²) in [5.41, 5.74) is 10.1. The van der Waals surface area contributed by atoms with E-state index in [1.54, 1.807) is 16.8 Å². The standard InChI is InChI=1S/C11H19N3O4S/c1-8-10(19-7-13-8)2-3-17-5-9(15)4-14-18-6-11(12)16/h7,9,14-15H,2-6H2,1H3,(H2,12,16). The van der Waals surface area contributed by atoms with Gasteiger partial charge in [-0.25, -0.2) is 4.98 Å². The first-order chi connectivity index (χ1) is 9.09. The fraction of sp³-hybridized carbons (Fsp3) is 0.636. The van der Waals surface area contributed by atoms with Crippen molar-refractivity contribution in [2.75, 3.05) is 26.4 Å². The highest BCUT2D eigenvalue weighted by atomic mass is 32.1. The lowest BCUT2D eigenvalue weighted by atomic mass is 10.3. The van der Waals surface area contributed by atoms with Crippen molar-refractivity contribution >= 4 is 17.2 Å². The molecule has 0 bridgehead atoms. The van der Waals surface area contributed by atoms with E-state index in [1.807, 2.05) is 6.92 Å². The molecule has 19 heavy (non-hydrogen) atoms. The number of aliphatic hydroxyl groups is 1. The molecule has 0 fully saturated rings. The maximum absolute atomic E-state index is 10.4. The van der Waals surface area contributed by atoms with Gasteiger partial charge in [-0.15, -0.1) is 11.3 Å². The van der Waals surface area contributed by atoms with Gasteiger partial charge in [-0.3, -0.25) is 9.63 Å². The van der Waals surface area contributed by atoms with E-state index < -0.39 is 12.0 Å². The molecule has 1 rings (SSSR count). The van der Waals surface area contributed by atoms with Crippen LogP contribution in [-0.4, -0.2) is 48.5 Å². The number of amides is 1. The van der Waals surface area contributed by atoms with Gasteiger partial charge in [0, 0.05) is 17.8 Å². The van der Waals surface area contributed by atoms with Crippen LogP contribution in [0.1, 0.15) is 10.6 Å². The number of aliphatic hydroxyl groups excluding tert-OH is 1. The van der Waals surface area contributed by atoms with Crippen LogP contribution >= 0.6 is 11.3 Å². The van der Waals surface area contributed by atoms with Gasteiger partial charge in [-0.05, 0) is 6.92 Å². The zero-order chi connectivity index (χ0) is 14.1. The minimum atomic E-state index is -0.699. The maximum atomic E-state index is 10.4. The van der Waals surface area contributed by atoms with Gasteiger partial charge in [0.25, 0.3) is 0 Å². The van der Waals surface area contributed by atoms with E-state index in [2.05, 4.69) is 10.5 Å². The van der Waals surface area contributed by atoms with Crippen molar-refractivity contribution in [3.8, 4) is 0 Å². The number of rotatable bonds is 10. The van der Waals surface area contributed by atoms with Crippen LogP contribution in [0, 0.1) is 6.92 Å². The fourth-order valence-electron chi connectivity index (χ4n) is 1.29. The van der Waals surface area contributed by atoms with Crippen LogP contribution < -0.4 is 11.2 Å². The van der Waals surface area contributed by atoms with E-state index >= 15 is 0 Å². The van der Waals surface area contributed by atoms with Crippen LogP contribution in [0.2, 0.25) is 0 Å². The molecule has 1 unspecified atom stereocenters. The molecule has 0 radical (unpaired) electrons. The van der Waals surface area contributed by atoms with Gasteiger partial charge in [0.15, 0.2) is 0 Å². The molecule has 0 saturated heterocycles. The Kier molecular flexibility index (Phi) is 7.53. The second-order valence-corrected chi connectivity index (χ2v) is 4.88. The van der Waals surface area contributed by atoms with Crippen molar-refractivity contribution in [1.82, 2.24) is 10.5 Å². The molecule has 1 amide bonds. The monoisotopic (exact) mass is 289 g/mol. The van der Waals surface area contributed by atoms with Crippen molar-refractivity contribution in [2.45, 2.75) is 19.4 Å². The van der Waals surface area contributed by atoms with Crippen molar-refractivity contribution in [1.29, 1.82) is 0 Å². The number of carbonyl (C=O) groups excluding carboxylic acids is 1. The number of nitrogens with zero attached hydrogens (tertiary/aromatic N) is 1. The molecular formula is C11H19N3O4S. The van der Waals surface area contributed by atoms with E-state index in [-0.39, 0.29) is 19.8 Å².